The Kier molecular flexibility index (Phi) is 9.73. The molecule has 0 radical (unpaired) electrons. The molecule has 15 heavy (non-hydrogen) atoms. The highest BCUT2D eigenvalue weighted by Gasteiger charge is 2.24. The van der Waals surface area contributed by atoms with Crippen LogP contribution in [0.4, 0.5) is 0 Å². The molecule has 0 atom stereocenters. The second-order valence-electron chi connectivity index (χ2n) is 4.33. The predicted octanol–water partition coefficient (Wildman–Crippen LogP) is 3.94. The molecule has 0 heterocycles. The van der Waals surface area contributed by atoms with Crippen molar-refractivity contribution in [2.24, 2.45) is 5.41 Å². The summed E-state index contributed by atoms with van der Waals surface area (Å²) in [5.41, 5.74) is 0.553. The Morgan fingerprint density at radius 1 is 1.07 bits per heavy atom. The van der Waals surface area contributed by atoms with Crippen molar-refractivity contribution in [2.75, 3.05) is 24.6 Å². The normalized spacial score (nSPS) is 12.0. The molecule has 2 heteroatoms. The minimum Gasteiger partial charge on any atom is -0.316 e. The van der Waals surface area contributed by atoms with Crippen LogP contribution in [0, 0.1) is 5.41 Å². The quantitative estimate of drug-likeness (QED) is 0.572. The monoisotopic (exact) mass is 231 g/mol. The lowest BCUT2D eigenvalue weighted by Crippen LogP contribution is -2.34. The third-order valence-electron chi connectivity index (χ3n) is 3.41. The van der Waals surface area contributed by atoms with Crippen molar-refractivity contribution in [3.63, 3.8) is 0 Å². The predicted molar refractivity (Wildman–Crippen MR) is 73.8 cm³/mol. The van der Waals surface area contributed by atoms with E-state index < -0.39 is 0 Å². The van der Waals surface area contributed by atoms with Crippen molar-refractivity contribution >= 4 is 11.8 Å². The Labute approximate surface area is 101 Å². The lowest BCUT2D eigenvalue weighted by atomic mass is 9.80. The Hall–Kier alpha value is 0.310. The van der Waals surface area contributed by atoms with Gasteiger partial charge < -0.3 is 5.32 Å². The molecule has 1 nitrogen and oxygen atoms in total. The number of hydrogen-bond acceptors (Lipinski definition) is 2. The van der Waals surface area contributed by atoms with Crippen molar-refractivity contribution in [3.05, 3.63) is 0 Å². The molecular formula is C13H29NS. The van der Waals surface area contributed by atoms with Gasteiger partial charge in [-0.05, 0) is 49.1 Å². The van der Waals surface area contributed by atoms with Crippen LogP contribution < -0.4 is 5.32 Å². The molecule has 0 fully saturated rings. The number of thioether (sulfide) groups is 1. The highest BCUT2D eigenvalue weighted by Crippen LogP contribution is 2.31. The van der Waals surface area contributed by atoms with Gasteiger partial charge in [0, 0.05) is 6.54 Å². The van der Waals surface area contributed by atoms with E-state index in [0.717, 1.165) is 0 Å². The maximum atomic E-state index is 3.60. The van der Waals surface area contributed by atoms with Gasteiger partial charge >= 0.3 is 0 Å². The van der Waals surface area contributed by atoms with E-state index in [1.165, 1.54) is 50.3 Å². The Balaban J connectivity index is 3.93. The highest BCUT2D eigenvalue weighted by atomic mass is 32.2. The van der Waals surface area contributed by atoms with Crippen LogP contribution in [-0.2, 0) is 0 Å². The van der Waals surface area contributed by atoms with E-state index in [1.807, 2.05) is 0 Å². The zero-order chi connectivity index (χ0) is 11.6. The minimum absolute atomic E-state index is 0.553. The summed E-state index contributed by atoms with van der Waals surface area (Å²) in [7, 11) is 0. The molecule has 0 aromatic heterocycles. The first-order valence-electron chi connectivity index (χ1n) is 6.53. The molecule has 0 aliphatic carbocycles. The first-order valence-corrected chi connectivity index (χ1v) is 7.68. The summed E-state index contributed by atoms with van der Waals surface area (Å²) in [4.78, 5) is 0. The van der Waals surface area contributed by atoms with Crippen LogP contribution in [0.1, 0.15) is 53.4 Å². The SMILES string of the molecule is CCCNCC(CC)(CC)CCSCC. The van der Waals surface area contributed by atoms with Crippen LogP contribution in [0.2, 0.25) is 0 Å². The van der Waals surface area contributed by atoms with Gasteiger partial charge in [-0.1, -0.05) is 27.7 Å². The smallest absolute Gasteiger partial charge is 0.000790 e. The third kappa shape index (κ3) is 6.47. The molecule has 0 aromatic rings. The van der Waals surface area contributed by atoms with Crippen LogP contribution in [0.5, 0.6) is 0 Å². The third-order valence-corrected chi connectivity index (χ3v) is 4.31. The van der Waals surface area contributed by atoms with Crippen molar-refractivity contribution in [3.8, 4) is 0 Å². The van der Waals surface area contributed by atoms with Gasteiger partial charge in [-0.2, -0.15) is 11.8 Å². The average Bonchev–Trinajstić information content (AvgIpc) is 2.28. The van der Waals surface area contributed by atoms with Crippen LogP contribution in [0.25, 0.3) is 0 Å². The lowest BCUT2D eigenvalue weighted by Gasteiger charge is -2.32. The Morgan fingerprint density at radius 3 is 2.20 bits per heavy atom. The minimum atomic E-state index is 0.553. The molecule has 0 aliphatic heterocycles. The fourth-order valence-electron chi connectivity index (χ4n) is 1.91. The van der Waals surface area contributed by atoms with Gasteiger partial charge in [0.15, 0.2) is 0 Å². The fourth-order valence-corrected chi connectivity index (χ4v) is 2.77. The van der Waals surface area contributed by atoms with Crippen molar-refractivity contribution in [1.82, 2.24) is 5.32 Å². The zero-order valence-corrected chi connectivity index (χ0v) is 11.9. The summed E-state index contributed by atoms with van der Waals surface area (Å²) in [6, 6.07) is 0. The van der Waals surface area contributed by atoms with E-state index >= 15 is 0 Å². The van der Waals surface area contributed by atoms with Crippen LogP contribution >= 0.6 is 11.8 Å². The zero-order valence-electron chi connectivity index (χ0n) is 11.1. The van der Waals surface area contributed by atoms with Gasteiger partial charge in [-0.15, -0.1) is 0 Å². The van der Waals surface area contributed by atoms with Gasteiger partial charge in [-0.25, -0.2) is 0 Å². The molecule has 0 unspecified atom stereocenters. The molecule has 0 rings (SSSR count). The summed E-state index contributed by atoms with van der Waals surface area (Å²) in [5.74, 6) is 2.58. The van der Waals surface area contributed by atoms with Gasteiger partial charge in [0.1, 0.15) is 0 Å². The Bertz CT molecular complexity index is 120. The standard InChI is InChI=1S/C13H29NS/c1-5-10-14-12-13(6-2,7-3)9-11-15-8-4/h14H,5-12H2,1-4H3. The first-order chi connectivity index (χ1) is 7.24. The van der Waals surface area contributed by atoms with E-state index in [-0.39, 0.29) is 0 Å². The van der Waals surface area contributed by atoms with E-state index in [2.05, 4.69) is 44.8 Å². The molecule has 0 saturated carbocycles. The van der Waals surface area contributed by atoms with Gasteiger partial charge in [-0.3, -0.25) is 0 Å². The van der Waals surface area contributed by atoms with Crippen LogP contribution in [-0.4, -0.2) is 24.6 Å². The molecule has 0 aromatic carbocycles. The van der Waals surface area contributed by atoms with Crippen molar-refractivity contribution < 1.29 is 0 Å². The number of hydrogen-bond donors (Lipinski definition) is 1. The first kappa shape index (κ1) is 15.3. The summed E-state index contributed by atoms with van der Waals surface area (Å²) >= 11 is 2.08. The lowest BCUT2D eigenvalue weighted by molar-refractivity contribution is 0.241. The molecule has 1 N–H and O–H groups in total. The molecule has 0 amide bonds. The fraction of sp³-hybridized carbons (Fsp3) is 1.00. The number of nitrogens with one attached hydrogen (secondary N) is 1. The largest absolute Gasteiger partial charge is 0.316 e. The van der Waals surface area contributed by atoms with Gasteiger partial charge in [0.05, 0.1) is 0 Å². The topological polar surface area (TPSA) is 12.0 Å². The maximum absolute atomic E-state index is 3.60. The molecular weight excluding hydrogens is 202 g/mol. The van der Waals surface area contributed by atoms with E-state index in [9.17, 15) is 0 Å². The number of rotatable bonds is 10. The van der Waals surface area contributed by atoms with E-state index in [4.69, 9.17) is 0 Å². The molecule has 92 valence electrons. The second-order valence-corrected chi connectivity index (χ2v) is 5.72. The summed E-state index contributed by atoms with van der Waals surface area (Å²) < 4.78 is 0. The highest BCUT2D eigenvalue weighted by molar-refractivity contribution is 7.99. The van der Waals surface area contributed by atoms with E-state index in [1.54, 1.807) is 0 Å². The summed E-state index contributed by atoms with van der Waals surface area (Å²) in [6.07, 6.45) is 5.23. The van der Waals surface area contributed by atoms with Crippen molar-refractivity contribution in [1.29, 1.82) is 0 Å². The van der Waals surface area contributed by atoms with Crippen molar-refractivity contribution in [2.45, 2.75) is 53.4 Å². The van der Waals surface area contributed by atoms with E-state index in [0.29, 0.717) is 5.41 Å². The summed E-state index contributed by atoms with van der Waals surface area (Å²) in [6.45, 7) is 11.5. The molecule has 0 aliphatic rings. The van der Waals surface area contributed by atoms with Gasteiger partial charge in [0.25, 0.3) is 0 Å². The van der Waals surface area contributed by atoms with Crippen LogP contribution in [0.3, 0.4) is 0 Å². The maximum Gasteiger partial charge on any atom is 0.000790 e. The second kappa shape index (κ2) is 9.53. The van der Waals surface area contributed by atoms with Gasteiger partial charge in [0.2, 0.25) is 0 Å². The molecule has 0 spiro atoms. The average molecular weight is 231 g/mol. The summed E-state index contributed by atoms with van der Waals surface area (Å²) in [5, 5.41) is 3.60. The molecule has 0 bridgehead atoms. The molecule has 0 saturated heterocycles. The van der Waals surface area contributed by atoms with Crippen LogP contribution in [0.15, 0.2) is 0 Å². The Morgan fingerprint density at radius 2 is 1.73 bits per heavy atom.